The second kappa shape index (κ2) is 10.8. The number of ether oxygens (including phenoxy) is 3. The highest BCUT2D eigenvalue weighted by atomic mass is 16.7. The van der Waals surface area contributed by atoms with Crippen molar-refractivity contribution in [1.82, 2.24) is 9.88 Å². The number of β-amino-alcohol motifs (C(OH)–C–C–N with tert-alkyl or cyclic N) is 1. The van der Waals surface area contributed by atoms with Gasteiger partial charge in [0.25, 0.3) is 5.91 Å². The van der Waals surface area contributed by atoms with E-state index in [0.717, 1.165) is 38.4 Å². The maximum absolute atomic E-state index is 12.6. The summed E-state index contributed by atoms with van der Waals surface area (Å²) in [5.74, 6) is 1.87. The van der Waals surface area contributed by atoms with E-state index < -0.39 is 6.10 Å². The molecule has 2 aromatic rings. The van der Waals surface area contributed by atoms with E-state index in [1.54, 1.807) is 24.4 Å². The van der Waals surface area contributed by atoms with Crippen molar-refractivity contribution in [2.45, 2.75) is 32.5 Å². The summed E-state index contributed by atoms with van der Waals surface area (Å²) in [5.41, 5.74) is 1.13. The Balaban J connectivity index is 1.28. The number of aliphatic hydroxyl groups excluding tert-OH is 1. The number of carbonyl (C=O) groups is 1. The summed E-state index contributed by atoms with van der Waals surface area (Å²) in [4.78, 5) is 21.6. The molecule has 1 aromatic heterocycles. The van der Waals surface area contributed by atoms with Crippen LogP contribution in [0.1, 0.15) is 30.6 Å². The van der Waals surface area contributed by atoms with Crippen LogP contribution in [0, 0.1) is 0 Å². The van der Waals surface area contributed by atoms with Crippen molar-refractivity contribution in [3.63, 3.8) is 0 Å². The molecule has 0 radical (unpaired) electrons. The number of aromatic nitrogens is 1. The van der Waals surface area contributed by atoms with Crippen LogP contribution >= 0.6 is 0 Å². The number of hydrogen-bond donors (Lipinski definition) is 2. The molecule has 178 valence electrons. The quantitative estimate of drug-likeness (QED) is 0.625. The molecule has 4 rings (SSSR count). The van der Waals surface area contributed by atoms with Crippen LogP contribution in [0.4, 0.5) is 11.5 Å². The van der Waals surface area contributed by atoms with Gasteiger partial charge in [-0.15, -0.1) is 0 Å². The third kappa shape index (κ3) is 6.34. The van der Waals surface area contributed by atoms with Crippen LogP contribution in [0.2, 0.25) is 0 Å². The van der Waals surface area contributed by atoms with Gasteiger partial charge in [-0.3, -0.25) is 9.69 Å². The maximum Gasteiger partial charge on any atom is 0.255 e. The number of fused-ring (bicyclic) bond motifs is 1. The molecule has 33 heavy (non-hydrogen) atoms. The number of benzene rings is 1. The highest BCUT2D eigenvalue weighted by molar-refractivity contribution is 6.04. The van der Waals surface area contributed by atoms with Crippen LogP contribution in [0.5, 0.6) is 11.5 Å². The minimum atomic E-state index is -0.482. The molecule has 2 aliphatic heterocycles. The molecule has 1 fully saturated rings. The monoisotopic (exact) mass is 456 g/mol. The van der Waals surface area contributed by atoms with E-state index >= 15 is 0 Å². The molecule has 1 aromatic carbocycles. The molecule has 2 aliphatic rings. The van der Waals surface area contributed by atoms with Crippen LogP contribution in [-0.2, 0) is 4.74 Å². The van der Waals surface area contributed by atoms with E-state index in [1.165, 1.54) is 0 Å². The van der Waals surface area contributed by atoms with Gasteiger partial charge < -0.3 is 29.5 Å². The Bertz CT molecular complexity index is 937. The van der Waals surface area contributed by atoms with Gasteiger partial charge in [-0.25, -0.2) is 4.98 Å². The smallest absolute Gasteiger partial charge is 0.255 e. The predicted molar refractivity (Wildman–Crippen MR) is 125 cm³/mol. The van der Waals surface area contributed by atoms with Crippen LogP contribution in [0.3, 0.4) is 0 Å². The van der Waals surface area contributed by atoms with Crippen LogP contribution in [-0.4, -0.2) is 79.2 Å². The van der Waals surface area contributed by atoms with Crippen molar-refractivity contribution >= 4 is 17.4 Å². The summed E-state index contributed by atoms with van der Waals surface area (Å²) in [6.45, 7) is 8.58. The summed E-state index contributed by atoms with van der Waals surface area (Å²) >= 11 is 0. The highest BCUT2D eigenvalue weighted by Crippen LogP contribution is 2.32. The number of aliphatic hydroxyl groups is 1. The largest absolute Gasteiger partial charge is 0.454 e. The first-order valence-corrected chi connectivity index (χ1v) is 11.4. The zero-order valence-corrected chi connectivity index (χ0v) is 19.2. The van der Waals surface area contributed by atoms with Crippen LogP contribution < -0.4 is 19.7 Å². The van der Waals surface area contributed by atoms with Gasteiger partial charge >= 0.3 is 0 Å². The standard InChI is InChI=1S/C24H32N4O5/c1-17(2)31-15-20(29)14-27-8-3-9-28(11-10-27)23-7-5-19(13-25-23)26-24(30)18-4-6-21-22(12-18)33-16-32-21/h4-7,12-13,17,20,29H,3,8-11,14-16H2,1-2H3,(H,26,30). The number of carbonyl (C=O) groups excluding carboxylic acids is 1. The van der Waals surface area contributed by atoms with Crippen molar-refractivity contribution in [2.75, 3.05) is 56.3 Å². The minimum absolute atomic E-state index is 0.120. The number of amides is 1. The molecule has 2 N–H and O–H groups in total. The van der Waals surface area contributed by atoms with Gasteiger partial charge in [-0.05, 0) is 57.1 Å². The van der Waals surface area contributed by atoms with Gasteiger partial charge in [-0.2, -0.15) is 0 Å². The molecular weight excluding hydrogens is 424 g/mol. The predicted octanol–water partition coefficient (Wildman–Crippen LogP) is 2.36. The molecule has 9 heteroatoms. The number of nitrogens with zero attached hydrogens (tertiary/aromatic N) is 3. The third-order valence-corrected chi connectivity index (χ3v) is 5.64. The fourth-order valence-electron chi connectivity index (χ4n) is 3.92. The Morgan fingerprint density at radius 1 is 1.15 bits per heavy atom. The molecule has 1 saturated heterocycles. The minimum Gasteiger partial charge on any atom is -0.454 e. The Labute approximate surface area is 194 Å². The molecule has 9 nitrogen and oxygen atoms in total. The summed E-state index contributed by atoms with van der Waals surface area (Å²) in [6.07, 6.45) is 2.30. The highest BCUT2D eigenvalue weighted by Gasteiger charge is 2.19. The topological polar surface area (TPSA) is 96.4 Å². The van der Waals surface area contributed by atoms with E-state index in [2.05, 4.69) is 20.1 Å². The molecule has 1 atom stereocenters. The summed E-state index contributed by atoms with van der Waals surface area (Å²) in [6, 6.07) is 8.91. The third-order valence-electron chi connectivity index (χ3n) is 5.64. The average molecular weight is 457 g/mol. The lowest BCUT2D eigenvalue weighted by molar-refractivity contribution is -0.00766. The van der Waals surface area contributed by atoms with E-state index in [9.17, 15) is 9.90 Å². The molecule has 3 heterocycles. The van der Waals surface area contributed by atoms with Gasteiger partial charge in [0.1, 0.15) is 5.82 Å². The Morgan fingerprint density at radius 2 is 2.00 bits per heavy atom. The summed E-state index contributed by atoms with van der Waals surface area (Å²) in [7, 11) is 0. The van der Waals surface area contributed by atoms with E-state index in [4.69, 9.17) is 14.2 Å². The van der Waals surface area contributed by atoms with Crippen molar-refractivity contribution in [3.8, 4) is 11.5 Å². The first-order chi connectivity index (χ1) is 16.0. The molecule has 0 bridgehead atoms. The fraction of sp³-hybridized carbons (Fsp3) is 0.500. The second-order valence-electron chi connectivity index (χ2n) is 8.60. The van der Waals surface area contributed by atoms with Crippen LogP contribution in [0.25, 0.3) is 0 Å². The van der Waals surface area contributed by atoms with E-state index in [0.29, 0.717) is 35.9 Å². The lowest BCUT2D eigenvalue weighted by Crippen LogP contribution is -2.38. The van der Waals surface area contributed by atoms with Gasteiger partial charge in [0.15, 0.2) is 11.5 Å². The lowest BCUT2D eigenvalue weighted by Gasteiger charge is -2.24. The Hall–Kier alpha value is -2.88. The van der Waals surface area contributed by atoms with Crippen molar-refractivity contribution in [1.29, 1.82) is 0 Å². The van der Waals surface area contributed by atoms with Gasteiger partial charge in [0, 0.05) is 31.7 Å². The van der Waals surface area contributed by atoms with Gasteiger partial charge in [0.05, 0.1) is 30.7 Å². The second-order valence-corrected chi connectivity index (χ2v) is 8.60. The number of hydrogen-bond acceptors (Lipinski definition) is 8. The SMILES string of the molecule is CC(C)OCC(O)CN1CCCN(c2ccc(NC(=O)c3ccc4c(c3)OCO4)cn2)CC1. The number of pyridine rings is 1. The fourth-order valence-corrected chi connectivity index (χ4v) is 3.92. The number of anilines is 2. The lowest BCUT2D eigenvalue weighted by atomic mass is 10.2. The molecule has 1 amide bonds. The first kappa shape index (κ1) is 23.3. The van der Waals surface area contributed by atoms with Crippen molar-refractivity contribution in [3.05, 3.63) is 42.1 Å². The first-order valence-electron chi connectivity index (χ1n) is 11.4. The molecule has 0 saturated carbocycles. The Morgan fingerprint density at radius 3 is 2.79 bits per heavy atom. The number of nitrogens with one attached hydrogen (secondary N) is 1. The average Bonchev–Trinajstić information content (AvgIpc) is 3.16. The molecule has 0 spiro atoms. The van der Waals surface area contributed by atoms with Crippen LogP contribution in [0.15, 0.2) is 36.5 Å². The number of rotatable bonds is 8. The molecule has 0 aliphatic carbocycles. The van der Waals surface area contributed by atoms with E-state index in [1.807, 2.05) is 26.0 Å². The zero-order chi connectivity index (χ0) is 23.2. The van der Waals surface area contributed by atoms with Crippen molar-refractivity contribution < 1.29 is 24.1 Å². The summed E-state index contributed by atoms with van der Waals surface area (Å²) in [5, 5.41) is 13.1. The van der Waals surface area contributed by atoms with Gasteiger partial charge in [-0.1, -0.05) is 0 Å². The normalized spacial score (nSPS) is 17.2. The van der Waals surface area contributed by atoms with E-state index in [-0.39, 0.29) is 18.8 Å². The maximum atomic E-state index is 12.6. The zero-order valence-electron chi connectivity index (χ0n) is 19.2. The summed E-state index contributed by atoms with van der Waals surface area (Å²) < 4.78 is 16.1. The Kier molecular flexibility index (Phi) is 7.64. The molecular formula is C24H32N4O5. The van der Waals surface area contributed by atoms with Crippen molar-refractivity contribution in [2.24, 2.45) is 0 Å². The molecule has 1 unspecified atom stereocenters. The van der Waals surface area contributed by atoms with Gasteiger partial charge in [0.2, 0.25) is 6.79 Å².